The lowest BCUT2D eigenvalue weighted by atomic mass is 10.1. The fraction of sp³-hybridized carbons (Fsp3) is 0.105. The van der Waals surface area contributed by atoms with Crippen LogP contribution >= 0.6 is 11.3 Å². The Morgan fingerprint density at radius 3 is 2.92 bits per heavy atom. The minimum Gasteiger partial charge on any atom is -0.383 e. The highest BCUT2D eigenvalue weighted by atomic mass is 32.1. The van der Waals surface area contributed by atoms with Crippen LogP contribution in [0.1, 0.15) is 21.6 Å². The van der Waals surface area contributed by atoms with Crippen molar-refractivity contribution < 1.29 is 4.79 Å². The molecule has 3 heterocycles. The van der Waals surface area contributed by atoms with Crippen molar-refractivity contribution in [2.75, 3.05) is 5.73 Å². The number of carbonyl (C=O) groups is 1. The third kappa shape index (κ3) is 2.93. The van der Waals surface area contributed by atoms with Gasteiger partial charge in [0.05, 0.1) is 5.69 Å². The van der Waals surface area contributed by atoms with E-state index in [1.54, 1.807) is 12.3 Å². The van der Waals surface area contributed by atoms with Crippen molar-refractivity contribution in [2.24, 2.45) is 0 Å². The molecule has 1 aromatic carbocycles. The highest BCUT2D eigenvalue weighted by Gasteiger charge is 2.16. The summed E-state index contributed by atoms with van der Waals surface area (Å²) < 4.78 is 1.83. The molecule has 0 atom stereocenters. The Labute approximate surface area is 154 Å². The molecule has 130 valence electrons. The van der Waals surface area contributed by atoms with Gasteiger partial charge in [0.2, 0.25) is 0 Å². The molecule has 6 nitrogen and oxygen atoms in total. The summed E-state index contributed by atoms with van der Waals surface area (Å²) in [5.41, 5.74) is 10.2. The standard InChI is InChI=1S/C19H17N5OS/c1-12-5-2-3-7-14(12)15-10-24-16(11-26-19(24)23-15)18(25)22-9-13-6-4-8-21-17(13)20/h2-8,10-11H,9H2,1H3,(H2,20,21)(H,22,25). The molecular weight excluding hydrogens is 346 g/mol. The van der Waals surface area contributed by atoms with E-state index in [0.717, 1.165) is 27.3 Å². The molecule has 4 aromatic rings. The Bertz CT molecular complexity index is 1100. The summed E-state index contributed by atoms with van der Waals surface area (Å²) in [5.74, 6) is 0.251. The van der Waals surface area contributed by atoms with Crippen LogP contribution in [0.4, 0.5) is 5.82 Å². The maximum atomic E-state index is 12.6. The molecule has 0 spiro atoms. The zero-order chi connectivity index (χ0) is 18.1. The summed E-state index contributed by atoms with van der Waals surface area (Å²) in [4.78, 5) is 22.1. The molecule has 0 saturated carbocycles. The largest absolute Gasteiger partial charge is 0.383 e. The van der Waals surface area contributed by atoms with Gasteiger partial charge in [-0.05, 0) is 18.6 Å². The molecule has 0 unspecified atom stereocenters. The van der Waals surface area contributed by atoms with Crippen LogP contribution in [0.2, 0.25) is 0 Å². The van der Waals surface area contributed by atoms with Gasteiger partial charge in [-0.25, -0.2) is 9.97 Å². The first-order chi connectivity index (χ1) is 12.6. The number of nitrogens with one attached hydrogen (secondary N) is 1. The predicted molar refractivity (Wildman–Crippen MR) is 103 cm³/mol. The Morgan fingerprint density at radius 1 is 1.27 bits per heavy atom. The smallest absolute Gasteiger partial charge is 0.269 e. The molecule has 0 aliphatic carbocycles. The maximum absolute atomic E-state index is 12.6. The number of hydrogen-bond donors (Lipinski definition) is 2. The lowest BCUT2D eigenvalue weighted by Gasteiger charge is -2.06. The number of amides is 1. The zero-order valence-corrected chi connectivity index (χ0v) is 15.0. The van der Waals surface area contributed by atoms with Crippen LogP contribution in [0.5, 0.6) is 0 Å². The van der Waals surface area contributed by atoms with Gasteiger partial charge < -0.3 is 11.1 Å². The molecule has 3 N–H and O–H groups in total. The molecule has 4 rings (SSSR count). The quantitative estimate of drug-likeness (QED) is 0.583. The third-order valence-electron chi connectivity index (χ3n) is 4.23. The summed E-state index contributed by atoms with van der Waals surface area (Å²) in [6.07, 6.45) is 3.53. The number of aromatic nitrogens is 3. The highest BCUT2D eigenvalue weighted by molar-refractivity contribution is 7.15. The second-order valence-corrected chi connectivity index (χ2v) is 6.78. The van der Waals surface area contributed by atoms with Crippen LogP contribution in [0.15, 0.2) is 54.2 Å². The summed E-state index contributed by atoms with van der Waals surface area (Å²) in [6.45, 7) is 2.38. The summed E-state index contributed by atoms with van der Waals surface area (Å²) in [6, 6.07) is 11.7. The number of carbonyl (C=O) groups excluding carboxylic acids is 1. The molecule has 0 saturated heterocycles. The van der Waals surface area contributed by atoms with Crippen LogP contribution < -0.4 is 11.1 Å². The number of nitrogen functional groups attached to an aromatic ring is 1. The van der Waals surface area contributed by atoms with Crippen molar-refractivity contribution in [3.8, 4) is 11.3 Å². The Kier molecular flexibility index (Phi) is 4.14. The van der Waals surface area contributed by atoms with E-state index in [-0.39, 0.29) is 5.91 Å². The molecule has 0 bridgehead atoms. The van der Waals surface area contributed by atoms with Gasteiger partial charge in [0, 0.05) is 35.4 Å². The number of rotatable bonds is 4. The molecule has 1 amide bonds. The van der Waals surface area contributed by atoms with Gasteiger partial charge in [-0.15, -0.1) is 11.3 Å². The van der Waals surface area contributed by atoms with E-state index in [1.807, 2.05) is 40.2 Å². The van der Waals surface area contributed by atoms with E-state index in [2.05, 4.69) is 28.3 Å². The van der Waals surface area contributed by atoms with Crippen molar-refractivity contribution in [2.45, 2.75) is 13.5 Å². The molecule has 0 fully saturated rings. The Morgan fingerprint density at radius 2 is 2.12 bits per heavy atom. The fourth-order valence-electron chi connectivity index (χ4n) is 2.80. The first-order valence-corrected chi connectivity index (χ1v) is 9.01. The number of pyridine rings is 1. The van der Waals surface area contributed by atoms with Crippen LogP contribution in [-0.2, 0) is 6.54 Å². The molecule has 0 aliphatic heterocycles. The molecule has 7 heteroatoms. The second kappa shape index (κ2) is 6.61. The summed E-state index contributed by atoms with van der Waals surface area (Å²) in [7, 11) is 0. The van der Waals surface area contributed by atoms with Crippen molar-refractivity contribution >= 4 is 28.0 Å². The number of nitrogens with zero attached hydrogens (tertiary/aromatic N) is 3. The number of fused-ring (bicyclic) bond motifs is 1. The number of thiazole rings is 1. The third-order valence-corrected chi connectivity index (χ3v) is 5.07. The molecule has 0 aliphatic rings. The first-order valence-electron chi connectivity index (χ1n) is 8.13. The average molecular weight is 363 g/mol. The van der Waals surface area contributed by atoms with Crippen molar-refractivity contribution in [1.82, 2.24) is 19.7 Å². The number of anilines is 1. The molecule has 0 radical (unpaired) electrons. The Hall–Kier alpha value is -3.19. The lowest BCUT2D eigenvalue weighted by molar-refractivity contribution is 0.0945. The van der Waals surface area contributed by atoms with E-state index >= 15 is 0 Å². The minimum atomic E-state index is -0.173. The SMILES string of the molecule is Cc1ccccc1-c1cn2c(C(=O)NCc3cccnc3N)csc2n1. The van der Waals surface area contributed by atoms with Crippen LogP contribution in [0.25, 0.3) is 16.2 Å². The summed E-state index contributed by atoms with van der Waals surface area (Å²) >= 11 is 1.44. The number of imidazole rings is 1. The zero-order valence-electron chi connectivity index (χ0n) is 14.1. The van der Waals surface area contributed by atoms with E-state index < -0.39 is 0 Å². The normalized spacial score (nSPS) is 11.0. The van der Waals surface area contributed by atoms with Gasteiger partial charge in [-0.1, -0.05) is 30.3 Å². The number of hydrogen-bond acceptors (Lipinski definition) is 5. The summed E-state index contributed by atoms with van der Waals surface area (Å²) in [5, 5.41) is 4.71. The molecule has 3 aromatic heterocycles. The number of aryl methyl sites for hydroxylation is 1. The second-order valence-electron chi connectivity index (χ2n) is 5.95. The highest BCUT2D eigenvalue weighted by Crippen LogP contribution is 2.26. The van der Waals surface area contributed by atoms with Crippen molar-refractivity contribution in [3.63, 3.8) is 0 Å². The van der Waals surface area contributed by atoms with Crippen LogP contribution in [-0.4, -0.2) is 20.3 Å². The lowest BCUT2D eigenvalue weighted by Crippen LogP contribution is -2.24. The topological polar surface area (TPSA) is 85.3 Å². The van der Waals surface area contributed by atoms with Gasteiger partial charge in [0.25, 0.3) is 5.91 Å². The van der Waals surface area contributed by atoms with E-state index in [9.17, 15) is 4.79 Å². The van der Waals surface area contributed by atoms with E-state index in [0.29, 0.717) is 18.1 Å². The van der Waals surface area contributed by atoms with Crippen molar-refractivity contribution in [1.29, 1.82) is 0 Å². The molecular formula is C19H17N5OS. The van der Waals surface area contributed by atoms with Crippen LogP contribution in [0.3, 0.4) is 0 Å². The van der Waals surface area contributed by atoms with Crippen molar-refractivity contribution in [3.05, 3.63) is 71.0 Å². The first kappa shape index (κ1) is 16.3. The van der Waals surface area contributed by atoms with E-state index in [4.69, 9.17) is 5.73 Å². The average Bonchev–Trinajstić information content (AvgIpc) is 3.22. The Balaban J connectivity index is 1.60. The van der Waals surface area contributed by atoms with Gasteiger partial charge in [-0.2, -0.15) is 0 Å². The van der Waals surface area contributed by atoms with Gasteiger partial charge in [-0.3, -0.25) is 9.20 Å². The van der Waals surface area contributed by atoms with E-state index in [1.165, 1.54) is 11.3 Å². The van der Waals surface area contributed by atoms with Gasteiger partial charge >= 0.3 is 0 Å². The monoisotopic (exact) mass is 363 g/mol. The van der Waals surface area contributed by atoms with Crippen LogP contribution in [0, 0.1) is 6.92 Å². The number of nitrogens with two attached hydrogens (primary N) is 1. The van der Waals surface area contributed by atoms with Gasteiger partial charge in [0.1, 0.15) is 11.5 Å². The predicted octanol–water partition coefficient (Wildman–Crippen LogP) is 3.28. The maximum Gasteiger partial charge on any atom is 0.269 e. The molecule has 26 heavy (non-hydrogen) atoms. The number of benzene rings is 1. The fourth-order valence-corrected chi connectivity index (χ4v) is 3.66. The minimum absolute atomic E-state index is 0.173. The van der Waals surface area contributed by atoms with Gasteiger partial charge in [0.15, 0.2) is 4.96 Å².